The number of aromatic nitrogens is 1. The molecule has 3 nitrogen and oxygen atoms in total. The number of benzene rings is 1. The summed E-state index contributed by atoms with van der Waals surface area (Å²) in [5.41, 5.74) is 1.99. The van der Waals surface area contributed by atoms with Crippen molar-refractivity contribution in [2.75, 3.05) is 13.2 Å². The number of aryl methyl sites for hydroxylation is 1. The Morgan fingerprint density at radius 2 is 2.05 bits per heavy atom. The normalized spacial score (nSPS) is 12.5. The van der Waals surface area contributed by atoms with E-state index in [2.05, 4.69) is 36.3 Å². The van der Waals surface area contributed by atoms with E-state index in [1.54, 1.807) is 0 Å². The van der Waals surface area contributed by atoms with Crippen LogP contribution in [-0.2, 0) is 0 Å². The fourth-order valence-electron chi connectivity index (χ4n) is 2.58. The highest BCUT2D eigenvalue weighted by molar-refractivity contribution is 5.84. The predicted molar refractivity (Wildman–Crippen MR) is 89.0 cm³/mol. The molecule has 3 heteroatoms. The van der Waals surface area contributed by atoms with Gasteiger partial charge in [-0.3, -0.25) is 0 Å². The highest BCUT2D eigenvalue weighted by Gasteiger charge is 2.06. The van der Waals surface area contributed by atoms with Crippen LogP contribution in [0.2, 0.25) is 0 Å². The van der Waals surface area contributed by atoms with Crippen LogP contribution in [0, 0.1) is 6.92 Å². The van der Waals surface area contributed by atoms with Crippen molar-refractivity contribution in [3.05, 3.63) is 36.0 Å². The van der Waals surface area contributed by atoms with Crippen molar-refractivity contribution in [1.82, 2.24) is 10.3 Å². The van der Waals surface area contributed by atoms with E-state index >= 15 is 0 Å². The summed E-state index contributed by atoms with van der Waals surface area (Å²) < 4.78 is 5.96. The smallest absolute Gasteiger partial charge is 0.145 e. The van der Waals surface area contributed by atoms with Gasteiger partial charge in [-0.1, -0.05) is 32.0 Å². The molecule has 1 heterocycles. The zero-order valence-electron chi connectivity index (χ0n) is 13.4. The van der Waals surface area contributed by atoms with E-state index in [1.807, 2.05) is 25.1 Å². The van der Waals surface area contributed by atoms with Gasteiger partial charge in [0.1, 0.15) is 11.3 Å². The predicted octanol–water partition coefficient (Wildman–Crippen LogP) is 4.09. The van der Waals surface area contributed by atoms with E-state index in [-0.39, 0.29) is 0 Å². The maximum Gasteiger partial charge on any atom is 0.145 e. The van der Waals surface area contributed by atoms with Gasteiger partial charge in [0, 0.05) is 17.1 Å². The van der Waals surface area contributed by atoms with Gasteiger partial charge in [-0.25, -0.2) is 4.98 Å². The molecule has 0 saturated heterocycles. The van der Waals surface area contributed by atoms with Crippen molar-refractivity contribution < 1.29 is 4.74 Å². The topological polar surface area (TPSA) is 34.1 Å². The van der Waals surface area contributed by atoms with Crippen molar-refractivity contribution in [2.24, 2.45) is 0 Å². The molecule has 1 atom stereocenters. The molecule has 2 rings (SSSR count). The Labute approximate surface area is 127 Å². The first-order chi connectivity index (χ1) is 10.2. The molecular formula is C18H26N2O. The van der Waals surface area contributed by atoms with Gasteiger partial charge < -0.3 is 10.1 Å². The highest BCUT2D eigenvalue weighted by atomic mass is 16.5. The molecule has 21 heavy (non-hydrogen) atoms. The summed E-state index contributed by atoms with van der Waals surface area (Å²) in [5, 5.41) is 4.64. The first-order valence-electron chi connectivity index (χ1n) is 7.97. The number of pyridine rings is 1. The van der Waals surface area contributed by atoms with Gasteiger partial charge in [-0.2, -0.15) is 0 Å². The molecule has 0 aliphatic heterocycles. The molecule has 114 valence electrons. The molecule has 1 N–H and O–H groups in total. The van der Waals surface area contributed by atoms with E-state index in [0.29, 0.717) is 6.04 Å². The van der Waals surface area contributed by atoms with Gasteiger partial charge in [0.05, 0.1) is 6.61 Å². The Hall–Kier alpha value is -1.61. The number of nitrogens with zero attached hydrogens (tertiary/aromatic N) is 1. The molecular weight excluding hydrogens is 260 g/mol. The first kappa shape index (κ1) is 15.8. The first-order valence-corrected chi connectivity index (χ1v) is 7.97. The lowest BCUT2D eigenvalue weighted by molar-refractivity contribution is 0.297. The Morgan fingerprint density at radius 1 is 1.19 bits per heavy atom. The molecule has 0 fully saturated rings. The van der Waals surface area contributed by atoms with E-state index in [4.69, 9.17) is 4.74 Å². The second kappa shape index (κ2) is 7.99. The summed E-state index contributed by atoms with van der Waals surface area (Å²) >= 11 is 0. The summed E-state index contributed by atoms with van der Waals surface area (Å²) in [6.45, 7) is 8.18. The number of ether oxygens (including phenoxy) is 1. The van der Waals surface area contributed by atoms with E-state index in [9.17, 15) is 0 Å². The Balaban J connectivity index is 1.93. The summed E-state index contributed by atoms with van der Waals surface area (Å²) in [6.07, 6.45) is 3.39. The maximum absolute atomic E-state index is 5.96. The Morgan fingerprint density at radius 3 is 2.81 bits per heavy atom. The Kier molecular flexibility index (Phi) is 6.00. The SMILES string of the molecule is CCNC(CC)CCCOc1cccc2ccc(C)nc12. The van der Waals surface area contributed by atoms with Crippen LogP contribution in [0.3, 0.4) is 0 Å². The van der Waals surface area contributed by atoms with Crippen LogP contribution in [-0.4, -0.2) is 24.2 Å². The van der Waals surface area contributed by atoms with Crippen molar-refractivity contribution in [2.45, 2.75) is 46.1 Å². The molecule has 0 spiro atoms. The third kappa shape index (κ3) is 4.43. The van der Waals surface area contributed by atoms with Gasteiger partial charge in [0.15, 0.2) is 0 Å². The molecule has 1 aromatic carbocycles. The molecule has 0 aliphatic rings. The summed E-state index contributed by atoms with van der Waals surface area (Å²) in [5.74, 6) is 0.896. The average Bonchev–Trinajstić information content (AvgIpc) is 2.50. The maximum atomic E-state index is 5.96. The van der Waals surface area contributed by atoms with Crippen LogP contribution in [0.15, 0.2) is 30.3 Å². The lowest BCUT2D eigenvalue weighted by Crippen LogP contribution is -2.28. The van der Waals surface area contributed by atoms with Crippen molar-refractivity contribution in [3.8, 4) is 5.75 Å². The van der Waals surface area contributed by atoms with Crippen molar-refractivity contribution >= 4 is 10.9 Å². The van der Waals surface area contributed by atoms with Crippen LogP contribution in [0.5, 0.6) is 5.75 Å². The third-order valence-electron chi connectivity index (χ3n) is 3.76. The largest absolute Gasteiger partial charge is 0.491 e. The number of hydrogen-bond donors (Lipinski definition) is 1. The highest BCUT2D eigenvalue weighted by Crippen LogP contribution is 2.24. The van der Waals surface area contributed by atoms with Gasteiger partial charge in [-0.05, 0) is 44.9 Å². The minimum absolute atomic E-state index is 0.603. The molecule has 0 radical (unpaired) electrons. The zero-order chi connectivity index (χ0) is 15.1. The fraction of sp³-hybridized carbons (Fsp3) is 0.500. The van der Waals surface area contributed by atoms with E-state index in [0.717, 1.165) is 48.3 Å². The average molecular weight is 286 g/mol. The second-order valence-corrected chi connectivity index (χ2v) is 5.43. The lowest BCUT2D eigenvalue weighted by atomic mass is 10.1. The number of para-hydroxylation sites is 1. The van der Waals surface area contributed by atoms with Gasteiger partial charge in [0.25, 0.3) is 0 Å². The van der Waals surface area contributed by atoms with Crippen LogP contribution < -0.4 is 10.1 Å². The summed E-state index contributed by atoms with van der Waals surface area (Å²) in [4.78, 5) is 4.60. The van der Waals surface area contributed by atoms with Crippen LogP contribution >= 0.6 is 0 Å². The minimum atomic E-state index is 0.603. The minimum Gasteiger partial charge on any atom is -0.491 e. The number of nitrogens with one attached hydrogen (secondary N) is 1. The molecule has 0 aliphatic carbocycles. The zero-order valence-corrected chi connectivity index (χ0v) is 13.4. The van der Waals surface area contributed by atoms with E-state index in [1.165, 1.54) is 6.42 Å². The molecule has 0 amide bonds. The number of hydrogen-bond acceptors (Lipinski definition) is 3. The van der Waals surface area contributed by atoms with E-state index < -0.39 is 0 Å². The van der Waals surface area contributed by atoms with Crippen molar-refractivity contribution in [3.63, 3.8) is 0 Å². The van der Waals surface area contributed by atoms with Gasteiger partial charge >= 0.3 is 0 Å². The number of rotatable bonds is 8. The van der Waals surface area contributed by atoms with Crippen LogP contribution in [0.25, 0.3) is 10.9 Å². The third-order valence-corrected chi connectivity index (χ3v) is 3.76. The lowest BCUT2D eigenvalue weighted by Gasteiger charge is -2.16. The summed E-state index contributed by atoms with van der Waals surface area (Å²) in [7, 11) is 0. The fourth-order valence-corrected chi connectivity index (χ4v) is 2.58. The monoisotopic (exact) mass is 286 g/mol. The quantitative estimate of drug-likeness (QED) is 0.742. The molecule has 2 aromatic rings. The Bertz CT molecular complexity index is 568. The molecule has 1 unspecified atom stereocenters. The molecule has 1 aromatic heterocycles. The molecule has 0 bridgehead atoms. The van der Waals surface area contributed by atoms with Gasteiger partial charge in [0.2, 0.25) is 0 Å². The second-order valence-electron chi connectivity index (χ2n) is 5.43. The standard InChI is InChI=1S/C18H26N2O/c1-4-16(19-5-2)9-7-13-21-17-10-6-8-15-12-11-14(3)20-18(15)17/h6,8,10-12,16,19H,4-5,7,9,13H2,1-3H3. The van der Waals surface area contributed by atoms with Crippen LogP contribution in [0.1, 0.15) is 38.8 Å². The molecule has 0 saturated carbocycles. The van der Waals surface area contributed by atoms with Crippen LogP contribution in [0.4, 0.5) is 0 Å². The van der Waals surface area contributed by atoms with Gasteiger partial charge in [-0.15, -0.1) is 0 Å². The summed E-state index contributed by atoms with van der Waals surface area (Å²) in [6, 6.07) is 10.9. The van der Waals surface area contributed by atoms with Crippen molar-refractivity contribution in [1.29, 1.82) is 0 Å². The number of fused-ring (bicyclic) bond motifs is 1.